The van der Waals surface area contributed by atoms with Gasteiger partial charge in [-0.25, -0.2) is 4.79 Å². The van der Waals surface area contributed by atoms with Gasteiger partial charge in [0.25, 0.3) is 0 Å². The second-order valence-corrected chi connectivity index (χ2v) is 5.14. The number of halogens is 1. The summed E-state index contributed by atoms with van der Waals surface area (Å²) in [7, 11) is 0. The maximum Gasteiger partial charge on any atom is 0.343 e. The summed E-state index contributed by atoms with van der Waals surface area (Å²) in [6.45, 7) is 4.43. The third-order valence-corrected chi connectivity index (χ3v) is 3.29. The molecule has 104 valence electrons. The predicted molar refractivity (Wildman–Crippen MR) is 81.4 cm³/mol. The Morgan fingerprint density at radius 3 is 2.70 bits per heavy atom. The van der Waals surface area contributed by atoms with Crippen molar-refractivity contribution in [1.82, 2.24) is 0 Å². The standard InChI is InChI=1S/C16H15BrO3/c1-3-19-13-6-4-5-12(10-13)16(18)20-15-8-7-11(2)9-14(15)17/h4-10H,3H2,1-2H3. The van der Waals surface area contributed by atoms with Gasteiger partial charge in [0, 0.05) is 0 Å². The van der Waals surface area contributed by atoms with E-state index in [1.165, 1.54) is 0 Å². The fraction of sp³-hybridized carbons (Fsp3) is 0.188. The first-order chi connectivity index (χ1) is 9.60. The Labute approximate surface area is 126 Å². The van der Waals surface area contributed by atoms with Crippen LogP contribution in [0.15, 0.2) is 46.9 Å². The van der Waals surface area contributed by atoms with Crippen LogP contribution in [0.25, 0.3) is 0 Å². The number of esters is 1. The molecule has 0 saturated carbocycles. The molecule has 0 aliphatic heterocycles. The zero-order valence-electron chi connectivity index (χ0n) is 11.4. The van der Waals surface area contributed by atoms with Crippen LogP contribution in [0, 0.1) is 6.92 Å². The molecule has 3 nitrogen and oxygen atoms in total. The number of rotatable bonds is 4. The Morgan fingerprint density at radius 2 is 2.00 bits per heavy atom. The summed E-state index contributed by atoms with van der Waals surface area (Å²) in [6.07, 6.45) is 0. The quantitative estimate of drug-likeness (QED) is 0.615. The summed E-state index contributed by atoms with van der Waals surface area (Å²) >= 11 is 3.39. The van der Waals surface area contributed by atoms with Crippen LogP contribution >= 0.6 is 15.9 Å². The number of hydrogen-bond donors (Lipinski definition) is 0. The van der Waals surface area contributed by atoms with E-state index in [0.717, 1.165) is 10.0 Å². The highest BCUT2D eigenvalue weighted by molar-refractivity contribution is 9.10. The summed E-state index contributed by atoms with van der Waals surface area (Å²) in [5.41, 5.74) is 1.55. The van der Waals surface area contributed by atoms with E-state index in [0.29, 0.717) is 23.7 Å². The van der Waals surface area contributed by atoms with E-state index >= 15 is 0 Å². The van der Waals surface area contributed by atoms with Crippen molar-refractivity contribution in [2.45, 2.75) is 13.8 Å². The lowest BCUT2D eigenvalue weighted by Crippen LogP contribution is -2.09. The average Bonchev–Trinajstić information content (AvgIpc) is 2.42. The minimum atomic E-state index is -0.406. The van der Waals surface area contributed by atoms with Crippen LogP contribution in [0.1, 0.15) is 22.8 Å². The minimum absolute atomic E-state index is 0.406. The molecule has 0 aliphatic carbocycles. The highest BCUT2D eigenvalue weighted by Gasteiger charge is 2.11. The maximum atomic E-state index is 12.1. The van der Waals surface area contributed by atoms with Crippen molar-refractivity contribution in [3.63, 3.8) is 0 Å². The van der Waals surface area contributed by atoms with Gasteiger partial charge in [-0.15, -0.1) is 0 Å². The second-order valence-electron chi connectivity index (χ2n) is 4.28. The van der Waals surface area contributed by atoms with E-state index in [-0.39, 0.29) is 0 Å². The van der Waals surface area contributed by atoms with Gasteiger partial charge in [0.15, 0.2) is 0 Å². The molecule has 2 aromatic carbocycles. The fourth-order valence-electron chi connectivity index (χ4n) is 1.73. The summed E-state index contributed by atoms with van der Waals surface area (Å²) in [5, 5.41) is 0. The Bertz CT molecular complexity index is 623. The molecule has 0 aromatic heterocycles. The zero-order valence-corrected chi connectivity index (χ0v) is 12.9. The first-order valence-corrected chi connectivity index (χ1v) is 7.10. The lowest BCUT2D eigenvalue weighted by molar-refractivity contribution is 0.0733. The molecule has 0 radical (unpaired) electrons. The average molecular weight is 335 g/mol. The number of carbonyl (C=O) groups excluding carboxylic acids is 1. The number of hydrogen-bond acceptors (Lipinski definition) is 3. The second kappa shape index (κ2) is 6.57. The molecule has 0 fully saturated rings. The lowest BCUT2D eigenvalue weighted by atomic mass is 10.2. The molecular formula is C16H15BrO3. The highest BCUT2D eigenvalue weighted by Crippen LogP contribution is 2.26. The van der Waals surface area contributed by atoms with Gasteiger partial charge < -0.3 is 9.47 Å². The number of ether oxygens (including phenoxy) is 2. The van der Waals surface area contributed by atoms with Crippen LogP contribution < -0.4 is 9.47 Å². The molecule has 0 bridgehead atoms. The van der Waals surface area contributed by atoms with Gasteiger partial charge in [-0.1, -0.05) is 12.1 Å². The van der Waals surface area contributed by atoms with E-state index in [4.69, 9.17) is 9.47 Å². The van der Waals surface area contributed by atoms with E-state index in [2.05, 4.69) is 15.9 Å². The van der Waals surface area contributed by atoms with Crippen LogP contribution in [0.4, 0.5) is 0 Å². The third-order valence-electron chi connectivity index (χ3n) is 2.67. The molecule has 0 saturated heterocycles. The van der Waals surface area contributed by atoms with Crippen molar-refractivity contribution in [1.29, 1.82) is 0 Å². The molecule has 2 aromatic rings. The van der Waals surface area contributed by atoms with Gasteiger partial charge in [-0.3, -0.25) is 0 Å². The molecule has 0 aliphatic rings. The number of aryl methyl sites for hydroxylation is 1. The Morgan fingerprint density at radius 1 is 1.20 bits per heavy atom. The molecule has 4 heteroatoms. The molecule has 0 heterocycles. The smallest absolute Gasteiger partial charge is 0.343 e. The van der Waals surface area contributed by atoms with Gasteiger partial charge in [-0.05, 0) is 65.7 Å². The molecular weight excluding hydrogens is 320 g/mol. The normalized spacial score (nSPS) is 10.2. The third kappa shape index (κ3) is 3.61. The highest BCUT2D eigenvalue weighted by atomic mass is 79.9. The van der Waals surface area contributed by atoms with E-state index in [9.17, 15) is 4.79 Å². The van der Waals surface area contributed by atoms with Crippen molar-refractivity contribution < 1.29 is 14.3 Å². The molecule has 0 atom stereocenters. The maximum absolute atomic E-state index is 12.1. The van der Waals surface area contributed by atoms with Crippen LogP contribution in [0.2, 0.25) is 0 Å². The SMILES string of the molecule is CCOc1cccc(C(=O)Oc2ccc(C)cc2Br)c1. The van der Waals surface area contributed by atoms with E-state index in [1.54, 1.807) is 24.3 Å². The lowest BCUT2D eigenvalue weighted by Gasteiger charge is -2.08. The molecule has 0 amide bonds. The fourth-order valence-corrected chi connectivity index (χ4v) is 2.30. The summed E-state index contributed by atoms with van der Waals surface area (Å²) in [4.78, 5) is 12.1. The minimum Gasteiger partial charge on any atom is -0.494 e. The van der Waals surface area contributed by atoms with Gasteiger partial charge in [-0.2, -0.15) is 0 Å². The summed E-state index contributed by atoms with van der Waals surface area (Å²) < 4.78 is 11.5. The van der Waals surface area contributed by atoms with E-state index < -0.39 is 5.97 Å². The van der Waals surface area contributed by atoms with Crippen LogP contribution in [0.3, 0.4) is 0 Å². The van der Waals surface area contributed by atoms with E-state index in [1.807, 2.05) is 32.0 Å². The first-order valence-electron chi connectivity index (χ1n) is 6.31. The van der Waals surface area contributed by atoms with Crippen molar-refractivity contribution in [3.05, 3.63) is 58.1 Å². The van der Waals surface area contributed by atoms with Crippen molar-refractivity contribution >= 4 is 21.9 Å². The van der Waals surface area contributed by atoms with Crippen LogP contribution in [0.5, 0.6) is 11.5 Å². The first kappa shape index (κ1) is 14.6. The monoisotopic (exact) mass is 334 g/mol. The molecule has 2 rings (SSSR count). The van der Waals surface area contributed by atoms with Gasteiger partial charge >= 0.3 is 5.97 Å². The van der Waals surface area contributed by atoms with Gasteiger partial charge in [0.2, 0.25) is 0 Å². The summed E-state index contributed by atoms with van der Waals surface area (Å²) in [5.74, 6) is 0.753. The summed E-state index contributed by atoms with van der Waals surface area (Å²) in [6, 6.07) is 12.5. The number of carbonyl (C=O) groups is 1. The van der Waals surface area contributed by atoms with Gasteiger partial charge in [0.05, 0.1) is 16.6 Å². The Kier molecular flexibility index (Phi) is 4.79. The molecule has 20 heavy (non-hydrogen) atoms. The van der Waals surface area contributed by atoms with Crippen LogP contribution in [-0.2, 0) is 0 Å². The molecule has 0 N–H and O–H groups in total. The topological polar surface area (TPSA) is 35.5 Å². The van der Waals surface area contributed by atoms with Crippen LogP contribution in [-0.4, -0.2) is 12.6 Å². The predicted octanol–water partition coefficient (Wildman–Crippen LogP) is 4.38. The van der Waals surface area contributed by atoms with Gasteiger partial charge in [0.1, 0.15) is 11.5 Å². The Balaban J connectivity index is 2.17. The van der Waals surface area contributed by atoms with Crippen molar-refractivity contribution in [3.8, 4) is 11.5 Å². The Hall–Kier alpha value is -1.81. The number of benzene rings is 2. The zero-order chi connectivity index (χ0) is 14.5. The van der Waals surface area contributed by atoms with Crippen molar-refractivity contribution in [2.24, 2.45) is 0 Å². The molecule has 0 spiro atoms. The largest absolute Gasteiger partial charge is 0.494 e. The molecule has 0 unspecified atom stereocenters. The van der Waals surface area contributed by atoms with Crippen molar-refractivity contribution in [2.75, 3.05) is 6.61 Å².